The minimum absolute atomic E-state index is 0.173. The summed E-state index contributed by atoms with van der Waals surface area (Å²) in [6.45, 7) is 5.65. The van der Waals surface area contributed by atoms with E-state index in [1.165, 1.54) is 22.3 Å². The Hall–Kier alpha value is -2.37. The van der Waals surface area contributed by atoms with Gasteiger partial charge in [-0.25, -0.2) is 0 Å². The number of imide groups is 1. The van der Waals surface area contributed by atoms with Crippen LogP contribution in [0.1, 0.15) is 10.4 Å². The van der Waals surface area contributed by atoms with Crippen LogP contribution in [0.15, 0.2) is 54.1 Å². The molecule has 3 rings (SSSR count). The normalized spacial score (nSPS) is 14.5. The second-order valence-electron chi connectivity index (χ2n) is 5.27. The average molecular weight is 359 g/mol. The van der Waals surface area contributed by atoms with Crippen molar-refractivity contribution < 1.29 is 9.59 Å². The fourth-order valence-corrected chi connectivity index (χ4v) is 3.46. The van der Waals surface area contributed by atoms with Crippen molar-refractivity contribution in [3.63, 3.8) is 0 Å². The first-order chi connectivity index (χ1) is 11.5. The van der Waals surface area contributed by atoms with Crippen LogP contribution in [0.5, 0.6) is 0 Å². The molecule has 0 saturated heterocycles. The van der Waals surface area contributed by atoms with Gasteiger partial charge in [0, 0.05) is 22.1 Å². The lowest BCUT2D eigenvalue weighted by Gasteiger charge is -2.13. The number of hydrogen-bond donors (Lipinski definition) is 1. The highest BCUT2D eigenvalue weighted by molar-refractivity contribution is 7.11. The van der Waals surface area contributed by atoms with Crippen molar-refractivity contribution in [3.8, 4) is 0 Å². The highest BCUT2D eigenvalue weighted by atomic mass is 35.5. The van der Waals surface area contributed by atoms with Crippen molar-refractivity contribution in [3.05, 3.63) is 69.5 Å². The Morgan fingerprint density at radius 1 is 1.25 bits per heavy atom. The molecule has 1 aliphatic rings. The number of benzene rings is 1. The number of halogens is 1. The van der Waals surface area contributed by atoms with Gasteiger partial charge in [0.15, 0.2) is 0 Å². The van der Waals surface area contributed by atoms with Crippen LogP contribution in [-0.4, -0.2) is 23.3 Å². The van der Waals surface area contributed by atoms with E-state index in [0.29, 0.717) is 16.3 Å². The Labute approximate surface area is 149 Å². The van der Waals surface area contributed by atoms with Gasteiger partial charge in [0.25, 0.3) is 11.8 Å². The first-order valence-electron chi connectivity index (χ1n) is 7.32. The number of rotatable bonds is 5. The number of amides is 2. The van der Waals surface area contributed by atoms with Crippen molar-refractivity contribution in [2.24, 2.45) is 0 Å². The van der Waals surface area contributed by atoms with Gasteiger partial charge in [-0.15, -0.1) is 17.9 Å². The molecular formula is C18H15ClN2O2S. The Balaban J connectivity index is 2.09. The van der Waals surface area contributed by atoms with Crippen LogP contribution >= 0.6 is 22.9 Å². The molecule has 2 amide bonds. The van der Waals surface area contributed by atoms with Crippen LogP contribution in [0.25, 0.3) is 5.57 Å². The molecule has 1 aromatic heterocycles. The van der Waals surface area contributed by atoms with Gasteiger partial charge in [0.05, 0.1) is 5.57 Å². The molecule has 0 saturated carbocycles. The fraction of sp³-hybridized carbons (Fsp3) is 0.111. The summed E-state index contributed by atoms with van der Waals surface area (Å²) >= 11 is 7.57. The van der Waals surface area contributed by atoms with E-state index in [2.05, 4.69) is 11.9 Å². The van der Waals surface area contributed by atoms with Gasteiger partial charge < -0.3 is 5.32 Å². The van der Waals surface area contributed by atoms with Crippen molar-refractivity contribution in [2.45, 2.75) is 6.92 Å². The zero-order chi connectivity index (χ0) is 17.3. The van der Waals surface area contributed by atoms with Gasteiger partial charge in [0.1, 0.15) is 5.70 Å². The van der Waals surface area contributed by atoms with E-state index in [4.69, 9.17) is 11.6 Å². The van der Waals surface area contributed by atoms with Gasteiger partial charge in [-0.2, -0.15) is 0 Å². The third-order valence-electron chi connectivity index (χ3n) is 3.77. The molecular weight excluding hydrogens is 344 g/mol. The molecule has 0 atom stereocenters. The highest BCUT2D eigenvalue weighted by Crippen LogP contribution is 2.34. The molecule has 0 unspecified atom stereocenters. The fourth-order valence-electron chi connectivity index (χ4n) is 2.51. The molecule has 1 aliphatic heterocycles. The van der Waals surface area contributed by atoms with Crippen molar-refractivity contribution in [2.75, 3.05) is 11.9 Å². The summed E-state index contributed by atoms with van der Waals surface area (Å²) < 4.78 is 0. The summed E-state index contributed by atoms with van der Waals surface area (Å²) in [5.41, 5.74) is 2.18. The molecule has 0 bridgehead atoms. The molecule has 0 aliphatic carbocycles. The van der Waals surface area contributed by atoms with E-state index in [-0.39, 0.29) is 24.1 Å². The number of anilines is 1. The second-order valence-corrected chi connectivity index (χ2v) is 6.63. The monoisotopic (exact) mass is 358 g/mol. The zero-order valence-electron chi connectivity index (χ0n) is 13.0. The van der Waals surface area contributed by atoms with Crippen molar-refractivity contribution >= 4 is 46.0 Å². The summed E-state index contributed by atoms with van der Waals surface area (Å²) in [6.07, 6.45) is 1.54. The molecule has 24 heavy (non-hydrogen) atoms. The predicted octanol–water partition coefficient (Wildman–Crippen LogP) is 4.09. The van der Waals surface area contributed by atoms with Crippen LogP contribution in [0.4, 0.5) is 5.69 Å². The number of nitrogens with one attached hydrogen (secondary N) is 1. The van der Waals surface area contributed by atoms with Gasteiger partial charge in [0.2, 0.25) is 0 Å². The first-order valence-corrected chi connectivity index (χ1v) is 8.57. The summed E-state index contributed by atoms with van der Waals surface area (Å²) in [5, 5.41) is 5.58. The number of hydrogen-bond acceptors (Lipinski definition) is 4. The Bertz CT molecular complexity index is 856. The first kappa shape index (κ1) is 16.5. The molecule has 0 radical (unpaired) electrons. The van der Waals surface area contributed by atoms with E-state index in [1.807, 2.05) is 30.5 Å². The maximum absolute atomic E-state index is 12.7. The predicted molar refractivity (Wildman–Crippen MR) is 98.0 cm³/mol. The van der Waals surface area contributed by atoms with Crippen LogP contribution < -0.4 is 5.32 Å². The lowest BCUT2D eigenvalue weighted by molar-refractivity contribution is -0.136. The summed E-state index contributed by atoms with van der Waals surface area (Å²) in [4.78, 5) is 27.4. The summed E-state index contributed by atoms with van der Waals surface area (Å²) in [6, 6.07) is 9.08. The lowest BCUT2D eigenvalue weighted by Crippen LogP contribution is -2.32. The molecule has 6 heteroatoms. The zero-order valence-corrected chi connectivity index (χ0v) is 14.6. The van der Waals surface area contributed by atoms with E-state index in [9.17, 15) is 9.59 Å². The molecule has 1 N–H and O–H groups in total. The molecule has 2 heterocycles. The molecule has 122 valence electrons. The van der Waals surface area contributed by atoms with E-state index >= 15 is 0 Å². The maximum Gasteiger partial charge on any atom is 0.278 e. The summed E-state index contributed by atoms with van der Waals surface area (Å²) in [5.74, 6) is -0.674. The third kappa shape index (κ3) is 2.77. The Morgan fingerprint density at radius 2 is 2.04 bits per heavy atom. The molecule has 0 spiro atoms. The van der Waals surface area contributed by atoms with Gasteiger partial charge in [-0.3, -0.25) is 14.5 Å². The van der Waals surface area contributed by atoms with Crippen LogP contribution in [-0.2, 0) is 9.59 Å². The third-order valence-corrected chi connectivity index (χ3v) is 5.07. The second kappa shape index (κ2) is 6.63. The van der Waals surface area contributed by atoms with Crippen LogP contribution in [0, 0.1) is 6.92 Å². The SMILES string of the molecule is C=CCN1C(=O)C(Nc2cccc(Cl)c2C)=C(c2cccs2)C1=O. The Morgan fingerprint density at radius 3 is 2.71 bits per heavy atom. The van der Waals surface area contributed by atoms with Crippen molar-refractivity contribution in [1.29, 1.82) is 0 Å². The molecule has 1 aromatic carbocycles. The number of carbonyl (C=O) groups is 2. The smallest absolute Gasteiger partial charge is 0.278 e. The number of thiophene rings is 1. The van der Waals surface area contributed by atoms with Crippen molar-refractivity contribution in [1.82, 2.24) is 4.90 Å². The van der Waals surface area contributed by atoms with E-state index < -0.39 is 0 Å². The Kier molecular flexibility index (Phi) is 4.55. The number of nitrogens with zero attached hydrogens (tertiary/aromatic N) is 1. The summed E-state index contributed by atoms with van der Waals surface area (Å²) in [7, 11) is 0. The van der Waals surface area contributed by atoms with E-state index in [1.54, 1.807) is 12.1 Å². The number of carbonyl (C=O) groups excluding carboxylic acids is 2. The minimum Gasteiger partial charge on any atom is -0.350 e. The van der Waals surface area contributed by atoms with Gasteiger partial charge >= 0.3 is 0 Å². The maximum atomic E-state index is 12.7. The topological polar surface area (TPSA) is 49.4 Å². The average Bonchev–Trinajstić information content (AvgIpc) is 3.15. The standard InChI is InChI=1S/C18H15ClN2O2S/c1-3-9-21-17(22)15(14-8-5-10-24-14)16(18(21)23)20-13-7-4-6-12(19)11(13)2/h3-8,10,20H,1,9H2,2H3. The van der Waals surface area contributed by atoms with E-state index in [0.717, 1.165) is 10.4 Å². The quantitative estimate of drug-likeness (QED) is 0.647. The van der Waals surface area contributed by atoms with Gasteiger partial charge in [-0.05, 0) is 36.1 Å². The largest absolute Gasteiger partial charge is 0.350 e. The highest BCUT2D eigenvalue weighted by Gasteiger charge is 2.39. The molecule has 2 aromatic rings. The molecule has 0 fully saturated rings. The van der Waals surface area contributed by atoms with Gasteiger partial charge in [-0.1, -0.05) is 29.8 Å². The van der Waals surface area contributed by atoms with Crippen LogP contribution in [0.3, 0.4) is 0 Å². The molecule has 4 nitrogen and oxygen atoms in total. The minimum atomic E-state index is -0.359. The van der Waals surface area contributed by atoms with Crippen LogP contribution in [0.2, 0.25) is 5.02 Å². The lowest BCUT2D eigenvalue weighted by atomic mass is 10.1.